The van der Waals surface area contributed by atoms with Crippen LogP contribution in [-0.2, 0) is 11.2 Å². The highest BCUT2D eigenvalue weighted by atomic mass is 16.3. The summed E-state index contributed by atoms with van der Waals surface area (Å²) in [5.41, 5.74) is 2.60. The second-order valence-corrected chi connectivity index (χ2v) is 5.66. The lowest BCUT2D eigenvalue weighted by atomic mass is 10.1. The summed E-state index contributed by atoms with van der Waals surface area (Å²) >= 11 is 0. The molecular weight excluding hydrogens is 276 g/mol. The summed E-state index contributed by atoms with van der Waals surface area (Å²) in [6.45, 7) is 3.54. The van der Waals surface area contributed by atoms with Crippen molar-refractivity contribution >= 4 is 11.6 Å². The largest absolute Gasteiger partial charge is 0.467 e. The lowest BCUT2D eigenvalue weighted by Gasteiger charge is -2.29. The highest BCUT2D eigenvalue weighted by Crippen LogP contribution is 2.34. The summed E-state index contributed by atoms with van der Waals surface area (Å²) in [6.07, 6.45) is 4.17. The Morgan fingerprint density at radius 3 is 2.95 bits per heavy atom. The molecule has 1 aliphatic heterocycles. The lowest BCUT2D eigenvalue weighted by Crippen LogP contribution is -2.37. The standard InChI is InChI=1S/C18H22N2O2/c1-2-6-18(21)19-13-16(17-9-5-12-22-17)20-11-10-14-7-3-4-8-15(14)20/h3-5,7-9,12,16H,2,6,10-11,13H2,1H3,(H,19,21)/t16-/m1/s1. The Morgan fingerprint density at radius 2 is 2.18 bits per heavy atom. The van der Waals surface area contributed by atoms with Gasteiger partial charge in [-0.2, -0.15) is 0 Å². The van der Waals surface area contributed by atoms with E-state index in [1.165, 1.54) is 11.3 Å². The van der Waals surface area contributed by atoms with Gasteiger partial charge in [-0.05, 0) is 36.6 Å². The van der Waals surface area contributed by atoms with E-state index in [1.807, 2.05) is 19.1 Å². The maximum Gasteiger partial charge on any atom is 0.220 e. The molecule has 1 N–H and O–H groups in total. The number of furan rings is 1. The number of fused-ring (bicyclic) bond motifs is 1. The van der Waals surface area contributed by atoms with Crippen LogP contribution in [0.15, 0.2) is 47.1 Å². The molecule has 116 valence electrons. The molecule has 0 spiro atoms. The number of amides is 1. The van der Waals surface area contributed by atoms with Crippen molar-refractivity contribution in [2.45, 2.75) is 32.2 Å². The molecule has 0 unspecified atom stereocenters. The molecule has 1 aromatic heterocycles. The molecule has 0 saturated heterocycles. The van der Waals surface area contributed by atoms with Gasteiger partial charge in [-0.3, -0.25) is 4.79 Å². The fraction of sp³-hybridized carbons (Fsp3) is 0.389. The summed E-state index contributed by atoms with van der Waals surface area (Å²) < 4.78 is 5.62. The van der Waals surface area contributed by atoms with Crippen molar-refractivity contribution in [3.05, 3.63) is 54.0 Å². The number of nitrogens with zero attached hydrogens (tertiary/aromatic N) is 1. The third-order valence-electron chi connectivity index (χ3n) is 4.14. The molecule has 0 saturated carbocycles. The van der Waals surface area contributed by atoms with Crippen LogP contribution >= 0.6 is 0 Å². The minimum absolute atomic E-state index is 0.0412. The molecule has 4 nitrogen and oxygen atoms in total. The van der Waals surface area contributed by atoms with E-state index in [4.69, 9.17) is 4.42 Å². The Morgan fingerprint density at radius 1 is 1.32 bits per heavy atom. The summed E-state index contributed by atoms with van der Waals surface area (Å²) in [5.74, 6) is 1.00. The van der Waals surface area contributed by atoms with Crippen LogP contribution in [0.2, 0.25) is 0 Å². The molecule has 0 radical (unpaired) electrons. The van der Waals surface area contributed by atoms with Gasteiger partial charge in [0.2, 0.25) is 5.91 Å². The topological polar surface area (TPSA) is 45.5 Å². The van der Waals surface area contributed by atoms with Gasteiger partial charge in [-0.1, -0.05) is 25.1 Å². The molecule has 0 aliphatic carbocycles. The van der Waals surface area contributed by atoms with E-state index in [2.05, 4.69) is 34.5 Å². The van der Waals surface area contributed by atoms with Crippen molar-refractivity contribution < 1.29 is 9.21 Å². The van der Waals surface area contributed by atoms with Crippen molar-refractivity contribution in [2.75, 3.05) is 18.0 Å². The van der Waals surface area contributed by atoms with Gasteiger partial charge in [0.25, 0.3) is 0 Å². The van der Waals surface area contributed by atoms with Crippen LogP contribution in [0.4, 0.5) is 5.69 Å². The van der Waals surface area contributed by atoms with Crippen LogP contribution in [0.3, 0.4) is 0 Å². The fourth-order valence-corrected chi connectivity index (χ4v) is 3.06. The number of hydrogen-bond acceptors (Lipinski definition) is 3. The normalized spacial score (nSPS) is 14.7. The van der Waals surface area contributed by atoms with E-state index in [0.717, 1.165) is 25.1 Å². The summed E-state index contributed by atoms with van der Waals surface area (Å²) in [7, 11) is 0. The molecule has 3 rings (SSSR count). The molecule has 4 heteroatoms. The molecule has 1 aromatic carbocycles. The Labute approximate surface area is 131 Å². The first-order valence-electron chi connectivity index (χ1n) is 7.94. The van der Waals surface area contributed by atoms with Crippen LogP contribution in [0.1, 0.15) is 37.1 Å². The number of rotatable bonds is 6. The summed E-state index contributed by atoms with van der Waals surface area (Å²) in [5, 5.41) is 3.04. The van der Waals surface area contributed by atoms with E-state index in [0.29, 0.717) is 13.0 Å². The summed E-state index contributed by atoms with van der Waals surface area (Å²) in [6, 6.07) is 12.4. The monoisotopic (exact) mass is 298 g/mol. The first kappa shape index (κ1) is 14.7. The Kier molecular flexibility index (Phi) is 4.47. The average Bonchev–Trinajstić information content (AvgIpc) is 3.18. The zero-order chi connectivity index (χ0) is 15.4. The highest BCUT2D eigenvalue weighted by Gasteiger charge is 2.28. The number of anilines is 1. The Hall–Kier alpha value is -2.23. The van der Waals surface area contributed by atoms with Crippen LogP contribution in [0.25, 0.3) is 0 Å². The predicted molar refractivity (Wildman–Crippen MR) is 86.9 cm³/mol. The number of hydrogen-bond donors (Lipinski definition) is 1. The zero-order valence-electron chi connectivity index (χ0n) is 12.9. The van der Waals surface area contributed by atoms with Gasteiger partial charge >= 0.3 is 0 Å². The highest BCUT2D eigenvalue weighted by molar-refractivity contribution is 5.76. The Balaban J connectivity index is 1.80. The molecule has 1 amide bonds. The maximum absolute atomic E-state index is 11.8. The van der Waals surface area contributed by atoms with E-state index in [-0.39, 0.29) is 11.9 Å². The minimum atomic E-state index is 0.0412. The fourth-order valence-electron chi connectivity index (χ4n) is 3.06. The smallest absolute Gasteiger partial charge is 0.220 e. The molecule has 0 bridgehead atoms. The van der Waals surface area contributed by atoms with Gasteiger partial charge in [0.15, 0.2) is 0 Å². The van der Waals surface area contributed by atoms with Crippen molar-refractivity contribution in [2.24, 2.45) is 0 Å². The van der Waals surface area contributed by atoms with Crippen molar-refractivity contribution in [1.82, 2.24) is 5.32 Å². The molecule has 1 atom stereocenters. The van der Waals surface area contributed by atoms with Crippen LogP contribution in [-0.4, -0.2) is 19.0 Å². The second kappa shape index (κ2) is 6.69. The third kappa shape index (κ3) is 3.01. The first-order chi connectivity index (χ1) is 10.8. The van der Waals surface area contributed by atoms with Crippen molar-refractivity contribution in [3.8, 4) is 0 Å². The SMILES string of the molecule is CCCC(=O)NC[C@H](c1ccco1)N1CCc2ccccc21. The van der Waals surface area contributed by atoms with Gasteiger partial charge in [0.05, 0.1) is 6.26 Å². The van der Waals surface area contributed by atoms with Crippen LogP contribution < -0.4 is 10.2 Å². The maximum atomic E-state index is 11.8. The van der Waals surface area contributed by atoms with E-state index in [9.17, 15) is 4.79 Å². The minimum Gasteiger partial charge on any atom is -0.467 e. The molecule has 0 fully saturated rings. The van der Waals surface area contributed by atoms with Gasteiger partial charge in [0.1, 0.15) is 11.8 Å². The van der Waals surface area contributed by atoms with Gasteiger partial charge in [-0.15, -0.1) is 0 Å². The zero-order valence-corrected chi connectivity index (χ0v) is 12.9. The Bertz CT molecular complexity index is 622. The first-order valence-corrected chi connectivity index (χ1v) is 7.94. The third-order valence-corrected chi connectivity index (χ3v) is 4.14. The summed E-state index contributed by atoms with van der Waals surface area (Å²) in [4.78, 5) is 14.2. The van der Waals surface area contributed by atoms with Gasteiger partial charge in [0, 0.05) is 25.2 Å². The van der Waals surface area contributed by atoms with Gasteiger partial charge < -0.3 is 14.6 Å². The molecule has 2 heterocycles. The second-order valence-electron chi connectivity index (χ2n) is 5.66. The number of para-hydroxylation sites is 1. The van der Waals surface area contributed by atoms with E-state index >= 15 is 0 Å². The predicted octanol–water partition coefficient (Wildman–Crippen LogP) is 3.30. The number of benzene rings is 1. The number of carbonyl (C=O) groups excluding carboxylic acids is 1. The van der Waals surface area contributed by atoms with E-state index in [1.54, 1.807) is 6.26 Å². The van der Waals surface area contributed by atoms with Gasteiger partial charge in [-0.25, -0.2) is 0 Å². The number of carbonyl (C=O) groups is 1. The van der Waals surface area contributed by atoms with E-state index < -0.39 is 0 Å². The lowest BCUT2D eigenvalue weighted by molar-refractivity contribution is -0.121. The molecule has 22 heavy (non-hydrogen) atoms. The van der Waals surface area contributed by atoms with Crippen molar-refractivity contribution in [1.29, 1.82) is 0 Å². The van der Waals surface area contributed by atoms with Crippen LogP contribution in [0, 0.1) is 0 Å². The molecular formula is C18H22N2O2. The molecule has 1 aliphatic rings. The average molecular weight is 298 g/mol. The van der Waals surface area contributed by atoms with Crippen molar-refractivity contribution in [3.63, 3.8) is 0 Å². The molecule has 2 aromatic rings. The quantitative estimate of drug-likeness (QED) is 0.890. The van der Waals surface area contributed by atoms with Crippen LogP contribution in [0.5, 0.6) is 0 Å². The number of nitrogens with one attached hydrogen (secondary N) is 1.